The average Bonchev–Trinajstić information content (AvgIpc) is 3.37. The summed E-state index contributed by atoms with van der Waals surface area (Å²) in [5.41, 5.74) is 5.74. The summed E-state index contributed by atoms with van der Waals surface area (Å²) in [6.45, 7) is 0. The number of imidazole rings is 1. The first-order chi connectivity index (χ1) is 13.8. The molecule has 0 amide bonds. The van der Waals surface area contributed by atoms with Crippen molar-refractivity contribution in [2.45, 2.75) is 38.5 Å². The Balaban J connectivity index is 1.56. The zero-order valence-electron chi connectivity index (χ0n) is 15.5. The van der Waals surface area contributed by atoms with Crippen LogP contribution in [0.2, 0.25) is 0 Å². The van der Waals surface area contributed by atoms with Crippen molar-refractivity contribution in [2.75, 3.05) is 0 Å². The van der Waals surface area contributed by atoms with Crippen LogP contribution in [0.1, 0.15) is 37.8 Å². The number of nitrogens with zero attached hydrogens (tertiary/aromatic N) is 3. The van der Waals surface area contributed by atoms with Crippen LogP contribution in [0.4, 0.5) is 0 Å². The molecule has 1 aliphatic rings. The van der Waals surface area contributed by atoms with Gasteiger partial charge in [-0.3, -0.25) is 15.1 Å². The van der Waals surface area contributed by atoms with Crippen molar-refractivity contribution in [1.29, 1.82) is 0 Å². The van der Waals surface area contributed by atoms with Crippen molar-refractivity contribution in [1.82, 2.24) is 30.1 Å². The van der Waals surface area contributed by atoms with Gasteiger partial charge in [-0.1, -0.05) is 56.4 Å². The third kappa shape index (κ3) is 3.24. The predicted molar refractivity (Wildman–Crippen MR) is 108 cm³/mol. The highest BCUT2D eigenvalue weighted by atomic mass is 16.1. The predicted octanol–water partition coefficient (Wildman–Crippen LogP) is 3.83. The largest absolute Gasteiger partial charge is 0.326 e. The number of hydrogen-bond acceptors (Lipinski definition) is 4. The Morgan fingerprint density at radius 1 is 0.893 bits per heavy atom. The smallest absolute Gasteiger partial charge is 0.289 e. The van der Waals surface area contributed by atoms with Gasteiger partial charge in [-0.2, -0.15) is 5.10 Å². The maximum absolute atomic E-state index is 11.7. The zero-order valence-corrected chi connectivity index (χ0v) is 15.5. The van der Waals surface area contributed by atoms with E-state index < -0.39 is 0 Å². The van der Waals surface area contributed by atoms with E-state index >= 15 is 0 Å². The molecule has 1 aliphatic carbocycles. The third-order valence-corrected chi connectivity index (χ3v) is 5.63. The van der Waals surface area contributed by atoms with Crippen LogP contribution in [0.3, 0.4) is 0 Å². The summed E-state index contributed by atoms with van der Waals surface area (Å²) in [6, 6.07) is 8.26. The lowest BCUT2D eigenvalue weighted by Crippen LogP contribution is -2.12. The molecule has 0 bridgehead atoms. The Kier molecular flexibility index (Phi) is 4.27. The fourth-order valence-electron chi connectivity index (χ4n) is 4.16. The molecule has 0 spiro atoms. The van der Waals surface area contributed by atoms with E-state index in [2.05, 4.69) is 44.4 Å². The summed E-state index contributed by atoms with van der Waals surface area (Å²) < 4.78 is 0. The number of hydrogen-bond donors (Lipinski definition) is 3. The number of benzene rings is 1. The molecule has 142 valence electrons. The van der Waals surface area contributed by atoms with Gasteiger partial charge in [0.15, 0.2) is 11.3 Å². The van der Waals surface area contributed by atoms with Gasteiger partial charge in [-0.15, -0.1) is 0 Å². The van der Waals surface area contributed by atoms with Crippen molar-refractivity contribution in [2.24, 2.45) is 5.92 Å². The molecule has 7 nitrogen and oxygen atoms in total. The second-order valence-electron chi connectivity index (χ2n) is 7.57. The molecule has 0 saturated heterocycles. The Bertz CT molecular complexity index is 1130. The van der Waals surface area contributed by atoms with Gasteiger partial charge in [0.2, 0.25) is 0 Å². The molecule has 3 heterocycles. The van der Waals surface area contributed by atoms with Crippen LogP contribution in [0.5, 0.6) is 0 Å². The second kappa shape index (κ2) is 7.07. The molecular weight excluding hydrogens is 352 g/mol. The van der Waals surface area contributed by atoms with Gasteiger partial charge in [-0.05, 0) is 17.9 Å². The normalized spacial score (nSPS) is 15.3. The van der Waals surface area contributed by atoms with Gasteiger partial charge in [0.05, 0.1) is 17.6 Å². The SMILES string of the molecule is O=c1[nH]c2nc(CC3CCCCC3)c(-c3ccc(-c4cn[nH]c4)cc3)nc2[nH]1. The minimum absolute atomic E-state index is 0.272. The summed E-state index contributed by atoms with van der Waals surface area (Å²) in [4.78, 5) is 26.7. The third-order valence-electron chi connectivity index (χ3n) is 5.63. The number of aromatic nitrogens is 6. The van der Waals surface area contributed by atoms with Crippen molar-refractivity contribution in [3.8, 4) is 22.4 Å². The van der Waals surface area contributed by atoms with E-state index in [4.69, 9.17) is 9.97 Å². The van der Waals surface area contributed by atoms with Gasteiger partial charge < -0.3 is 0 Å². The van der Waals surface area contributed by atoms with E-state index in [1.165, 1.54) is 32.1 Å². The van der Waals surface area contributed by atoms with E-state index in [0.717, 1.165) is 34.5 Å². The Morgan fingerprint density at radius 3 is 2.32 bits per heavy atom. The average molecular weight is 374 g/mol. The summed E-state index contributed by atoms with van der Waals surface area (Å²) in [5, 5.41) is 6.85. The van der Waals surface area contributed by atoms with E-state index in [1.807, 2.05) is 6.20 Å². The zero-order chi connectivity index (χ0) is 18.9. The van der Waals surface area contributed by atoms with E-state index in [1.54, 1.807) is 6.20 Å². The minimum Gasteiger partial charge on any atom is -0.289 e. The van der Waals surface area contributed by atoms with Crippen LogP contribution in [0.25, 0.3) is 33.7 Å². The molecule has 3 N–H and O–H groups in total. The van der Waals surface area contributed by atoms with Crippen molar-refractivity contribution >= 4 is 11.3 Å². The molecule has 1 saturated carbocycles. The lowest BCUT2D eigenvalue weighted by Gasteiger charge is -2.22. The molecule has 0 unspecified atom stereocenters. The number of nitrogens with one attached hydrogen (secondary N) is 3. The highest BCUT2D eigenvalue weighted by Gasteiger charge is 2.19. The summed E-state index contributed by atoms with van der Waals surface area (Å²) in [5.74, 6) is 0.634. The molecule has 28 heavy (non-hydrogen) atoms. The Hall–Kier alpha value is -3.22. The van der Waals surface area contributed by atoms with Gasteiger partial charge in [0.25, 0.3) is 0 Å². The summed E-state index contributed by atoms with van der Waals surface area (Å²) in [6.07, 6.45) is 11.0. The van der Waals surface area contributed by atoms with Crippen molar-refractivity contribution in [3.63, 3.8) is 0 Å². The van der Waals surface area contributed by atoms with Gasteiger partial charge in [0.1, 0.15) is 0 Å². The number of rotatable bonds is 4. The van der Waals surface area contributed by atoms with Gasteiger partial charge in [-0.25, -0.2) is 14.8 Å². The van der Waals surface area contributed by atoms with Crippen LogP contribution in [-0.2, 0) is 6.42 Å². The highest BCUT2D eigenvalue weighted by molar-refractivity contribution is 5.74. The summed E-state index contributed by atoms with van der Waals surface area (Å²) >= 11 is 0. The molecule has 0 radical (unpaired) electrons. The Morgan fingerprint density at radius 2 is 1.61 bits per heavy atom. The molecule has 1 aromatic carbocycles. The van der Waals surface area contributed by atoms with Crippen LogP contribution < -0.4 is 5.69 Å². The topological polar surface area (TPSA) is 103 Å². The molecular formula is C21H22N6O. The lowest BCUT2D eigenvalue weighted by atomic mass is 9.85. The molecule has 7 heteroatoms. The molecule has 0 atom stereocenters. The van der Waals surface area contributed by atoms with Crippen molar-refractivity contribution in [3.05, 3.63) is 52.8 Å². The maximum atomic E-state index is 11.7. The van der Waals surface area contributed by atoms with Gasteiger partial charge in [0, 0.05) is 17.3 Å². The molecule has 1 fully saturated rings. The van der Waals surface area contributed by atoms with E-state index in [9.17, 15) is 4.79 Å². The van der Waals surface area contributed by atoms with E-state index in [0.29, 0.717) is 17.2 Å². The van der Waals surface area contributed by atoms with Crippen molar-refractivity contribution < 1.29 is 0 Å². The Labute approximate surface area is 161 Å². The number of fused-ring (bicyclic) bond motifs is 1. The first-order valence-corrected chi connectivity index (χ1v) is 9.85. The maximum Gasteiger partial charge on any atom is 0.326 e. The molecule has 3 aromatic heterocycles. The van der Waals surface area contributed by atoms with Crippen LogP contribution in [0, 0.1) is 5.92 Å². The monoisotopic (exact) mass is 374 g/mol. The van der Waals surface area contributed by atoms with Crippen LogP contribution in [-0.4, -0.2) is 30.1 Å². The minimum atomic E-state index is -0.272. The molecule has 0 aliphatic heterocycles. The molecule has 4 aromatic rings. The van der Waals surface area contributed by atoms with E-state index in [-0.39, 0.29) is 5.69 Å². The van der Waals surface area contributed by atoms with Crippen LogP contribution >= 0.6 is 0 Å². The first kappa shape index (κ1) is 16.9. The lowest BCUT2D eigenvalue weighted by molar-refractivity contribution is 0.354. The fraction of sp³-hybridized carbons (Fsp3) is 0.333. The summed E-state index contributed by atoms with van der Waals surface area (Å²) in [7, 11) is 0. The first-order valence-electron chi connectivity index (χ1n) is 9.85. The standard InChI is InChI=1S/C21H22N6O/c28-21-26-19-20(27-21)25-18(17(24-19)10-13-4-2-1-3-5-13)15-8-6-14(7-9-15)16-11-22-23-12-16/h6-9,11-13H,1-5,10H2,(H,22,23)(H2,24,25,26,27,28). The highest BCUT2D eigenvalue weighted by Crippen LogP contribution is 2.31. The number of aromatic amines is 3. The fourth-order valence-corrected chi connectivity index (χ4v) is 4.16. The molecule has 5 rings (SSSR count). The van der Waals surface area contributed by atoms with Gasteiger partial charge >= 0.3 is 5.69 Å². The van der Waals surface area contributed by atoms with Crippen LogP contribution in [0.15, 0.2) is 41.5 Å². The second-order valence-corrected chi connectivity index (χ2v) is 7.57. The number of H-pyrrole nitrogens is 3. The quantitative estimate of drug-likeness (QED) is 0.505.